The molecule has 144 valence electrons. The molecule has 1 fully saturated rings. The van der Waals surface area contributed by atoms with Crippen LogP contribution in [0.3, 0.4) is 0 Å². The smallest absolute Gasteiger partial charge is 0.411 e. The van der Waals surface area contributed by atoms with Gasteiger partial charge in [0.15, 0.2) is 5.82 Å². The lowest BCUT2D eigenvalue weighted by Gasteiger charge is -2.28. The number of benzene rings is 1. The van der Waals surface area contributed by atoms with Gasteiger partial charge in [-0.15, -0.1) is 0 Å². The van der Waals surface area contributed by atoms with Crippen LogP contribution in [0, 0.1) is 11.6 Å². The summed E-state index contributed by atoms with van der Waals surface area (Å²) in [6.07, 6.45) is -3.92. The fraction of sp³-hybridized carbons (Fsp3) is 0.500. The number of aliphatic hydroxyl groups excluding tert-OH is 2. The second kappa shape index (κ2) is 7.34. The number of carbonyl (C=O) groups excluding carboxylic acids is 2. The number of β-amino-alcohol motifs (C(OH)–C–C–N with tert-alkyl or cyclic N) is 1. The fourth-order valence-corrected chi connectivity index (χ4v) is 2.62. The molecular formula is C16H19ClF2N2O5. The van der Waals surface area contributed by atoms with Crippen molar-refractivity contribution in [3.63, 3.8) is 0 Å². The molecule has 1 aliphatic heterocycles. The number of anilines is 1. The highest BCUT2D eigenvalue weighted by Crippen LogP contribution is 2.27. The van der Waals surface area contributed by atoms with Gasteiger partial charge in [-0.25, -0.2) is 13.6 Å². The van der Waals surface area contributed by atoms with Gasteiger partial charge in [0, 0.05) is 0 Å². The van der Waals surface area contributed by atoms with Crippen LogP contribution in [0.5, 0.6) is 0 Å². The maximum absolute atomic E-state index is 14.0. The van der Waals surface area contributed by atoms with Gasteiger partial charge < -0.3 is 20.3 Å². The molecule has 7 nitrogen and oxygen atoms in total. The zero-order valence-corrected chi connectivity index (χ0v) is 15.1. The van der Waals surface area contributed by atoms with E-state index in [2.05, 4.69) is 5.32 Å². The van der Waals surface area contributed by atoms with Crippen LogP contribution in [0.4, 0.5) is 19.3 Å². The number of hydrogen-bond acceptors (Lipinski definition) is 5. The SMILES string of the molecule is CC(C)(C)OC(=O)N1C[C@@H](O)[C@@H](O)[C@H]1C(=O)Nc1ccc(F)c(Cl)c1F. The average Bonchev–Trinajstić information content (AvgIpc) is 2.82. The molecule has 0 unspecified atom stereocenters. The predicted molar refractivity (Wildman–Crippen MR) is 88.7 cm³/mol. The highest BCUT2D eigenvalue weighted by molar-refractivity contribution is 6.31. The van der Waals surface area contributed by atoms with E-state index in [1.165, 1.54) is 0 Å². The summed E-state index contributed by atoms with van der Waals surface area (Å²) in [5, 5.41) is 21.2. The first-order chi connectivity index (χ1) is 11.9. The summed E-state index contributed by atoms with van der Waals surface area (Å²) in [6, 6.07) is 0.277. The van der Waals surface area contributed by atoms with Crippen molar-refractivity contribution in [2.24, 2.45) is 0 Å². The third-order valence-electron chi connectivity index (χ3n) is 3.63. The molecule has 2 amide bonds. The Hall–Kier alpha value is -1.97. The molecule has 1 heterocycles. The van der Waals surface area contributed by atoms with Crippen LogP contribution < -0.4 is 5.32 Å². The Balaban J connectivity index is 2.24. The van der Waals surface area contributed by atoms with Crippen molar-refractivity contribution in [1.29, 1.82) is 0 Å². The summed E-state index contributed by atoms with van der Waals surface area (Å²) in [5.74, 6) is -3.19. The summed E-state index contributed by atoms with van der Waals surface area (Å²) < 4.78 is 32.3. The topological polar surface area (TPSA) is 99.1 Å². The molecular weight excluding hydrogens is 374 g/mol. The number of rotatable bonds is 2. The minimum Gasteiger partial charge on any atom is -0.444 e. The van der Waals surface area contributed by atoms with Crippen LogP contribution >= 0.6 is 11.6 Å². The van der Waals surface area contributed by atoms with Gasteiger partial charge in [-0.1, -0.05) is 11.6 Å². The Morgan fingerprint density at radius 2 is 1.92 bits per heavy atom. The number of halogens is 3. The van der Waals surface area contributed by atoms with Crippen molar-refractivity contribution in [2.75, 3.05) is 11.9 Å². The molecule has 0 bridgehead atoms. The summed E-state index contributed by atoms with van der Waals surface area (Å²) >= 11 is 5.45. The molecule has 0 aromatic heterocycles. The van der Waals surface area contributed by atoms with Crippen LogP contribution in [0.1, 0.15) is 20.8 Å². The van der Waals surface area contributed by atoms with E-state index in [4.69, 9.17) is 16.3 Å². The van der Waals surface area contributed by atoms with Gasteiger partial charge >= 0.3 is 6.09 Å². The van der Waals surface area contributed by atoms with E-state index < -0.39 is 58.2 Å². The highest BCUT2D eigenvalue weighted by atomic mass is 35.5. The van der Waals surface area contributed by atoms with Gasteiger partial charge in [0.2, 0.25) is 5.91 Å². The van der Waals surface area contributed by atoms with E-state index in [0.29, 0.717) is 0 Å². The van der Waals surface area contributed by atoms with Crippen LogP contribution in [0.15, 0.2) is 12.1 Å². The number of hydrogen-bond donors (Lipinski definition) is 3. The van der Waals surface area contributed by atoms with Gasteiger partial charge in [0.25, 0.3) is 0 Å². The zero-order valence-electron chi connectivity index (χ0n) is 14.3. The van der Waals surface area contributed by atoms with Crippen molar-refractivity contribution < 1.29 is 33.3 Å². The third-order valence-corrected chi connectivity index (χ3v) is 3.97. The van der Waals surface area contributed by atoms with Crippen molar-refractivity contribution in [2.45, 2.75) is 44.6 Å². The standard InChI is InChI=1S/C16H19ClF2N2O5/c1-16(2,3)26-15(25)21-6-9(22)13(23)12(21)14(24)20-8-5-4-7(18)10(17)11(8)19/h4-5,9,12-13,22-23H,6H2,1-3H3,(H,20,24)/t9-,12+,13-/m1/s1. The number of ether oxygens (including phenoxy) is 1. The minimum absolute atomic E-state index is 0.346. The average molecular weight is 393 g/mol. The number of aliphatic hydroxyl groups is 2. The highest BCUT2D eigenvalue weighted by Gasteiger charge is 2.48. The van der Waals surface area contributed by atoms with E-state index in [0.717, 1.165) is 17.0 Å². The minimum atomic E-state index is -1.61. The van der Waals surface area contributed by atoms with E-state index >= 15 is 0 Å². The first-order valence-corrected chi connectivity index (χ1v) is 8.10. The molecule has 0 spiro atoms. The lowest BCUT2D eigenvalue weighted by Crippen LogP contribution is -2.49. The summed E-state index contributed by atoms with van der Waals surface area (Å²) in [5.41, 5.74) is -1.30. The van der Waals surface area contributed by atoms with Gasteiger partial charge in [-0.05, 0) is 32.9 Å². The normalized spacial score (nSPS) is 23.1. The van der Waals surface area contributed by atoms with Gasteiger partial charge in [-0.3, -0.25) is 9.69 Å². The van der Waals surface area contributed by atoms with Crippen LogP contribution in [0.25, 0.3) is 0 Å². The largest absolute Gasteiger partial charge is 0.444 e. The molecule has 10 heteroatoms. The maximum Gasteiger partial charge on any atom is 0.411 e. The van der Waals surface area contributed by atoms with Crippen molar-refractivity contribution in [1.82, 2.24) is 4.90 Å². The maximum atomic E-state index is 14.0. The Kier molecular flexibility index (Phi) is 5.74. The van der Waals surface area contributed by atoms with E-state index in [9.17, 15) is 28.6 Å². The lowest BCUT2D eigenvalue weighted by atomic mass is 10.1. The molecule has 1 saturated heterocycles. The molecule has 26 heavy (non-hydrogen) atoms. The predicted octanol–water partition coefficient (Wildman–Crippen LogP) is 1.90. The third kappa shape index (κ3) is 4.22. The van der Waals surface area contributed by atoms with Crippen LogP contribution in [-0.2, 0) is 9.53 Å². The van der Waals surface area contributed by atoms with Gasteiger partial charge in [0.05, 0.1) is 12.2 Å². The van der Waals surface area contributed by atoms with Crippen LogP contribution in [0.2, 0.25) is 5.02 Å². The molecule has 0 radical (unpaired) electrons. The number of nitrogens with one attached hydrogen (secondary N) is 1. The molecule has 3 atom stereocenters. The molecule has 1 aromatic carbocycles. The molecule has 3 N–H and O–H groups in total. The molecule has 1 aliphatic rings. The van der Waals surface area contributed by atoms with E-state index in [1.54, 1.807) is 20.8 Å². The molecule has 2 rings (SSSR count). The zero-order chi connectivity index (χ0) is 19.8. The lowest BCUT2D eigenvalue weighted by molar-refractivity contribution is -0.123. The van der Waals surface area contributed by atoms with E-state index in [-0.39, 0.29) is 6.54 Å². The monoisotopic (exact) mass is 392 g/mol. The molecule has 0 saturated carbocycles. The number of nitrogens with zero attached hydrogens (tertiary/aromatic N) is 1. The Bertz CT molecular complexity index is 725. The van der Waals surface area contributed by atoms with Crippen molar-refractivity contribution >= 4 is 29.3 Å². The fourth-order valence-electron chi connectivity index (χ4n) is 2.45. The summed E-state index contributed by atoms with van der Waals surface area (Å²) in [4.78, 5) is 25.6. The van der Waals surface area contributed by atoms with Gasteiger partial charge in [0.1, 0.15) is 34.7 Å². The first kappa shape index (κ1) is 20.3. The van der Waals surface area contributed by atoms with Crippen LogP contribution in [-0.4, -0.2) is 57.5 Å². The summed E-state index contributed by atoms with van der Waals surface area (Å²) in [6.45, 7) is 4.48. The second-order valence-electron chi connectivity index (χ2n) is 6.85. The second-order valence-corrected chi connectivity index (χ2v) is 7.23. The Morgan fingerprint density at radius 3 is 2.50 bits per heavy atom. The van der Waals surface area contributed by atoms with E-state index in [1.807, 2.05) is 0 Å². The first-order valence-electron chi connectivity index (χ1n) is 7.72. The number of carbonyl (C=O) groups is 2. The van der Waals surface area contributed by atoms with Crippen molar-refractivity contribution in [3.8, 4) is 0 Å². The van der Waals surface area contributed by atoms with Gasteiger partial charge in [-0.2, -0.15) is 0 Å². The quantitative estimate of drug-likeness (QED) is 0.668. The molecule has 0 aliphatic carbocycles. The Labute approximate surface area is 153 Å². The number of amides is 2. The molecule has 1 aromatic rings. The Morgan fingerprint density at radius 1 is 1.31 bits per heavy atom. The van der Waals surface area contributed by atoms with Crippen molar-refractivity contribution in [3.05, 3.63) is 28.8 Å². The summed E-state index contributed by atoms with van der Waals surface area (Å²) in [7, 11) is 0. The number of likely N-dealkylation sites (tertiary alicyclic amines) is 1.